The van der Waals surface area contributed by atoms with Gasteiger partial charge in [-0.3, -0.25) is 4.79 Å². The monoisotopic (exact) mass is 369 g/mol. The van der Waals surface area contributed by atoms with Gasteiger partial charge in [0.05, 0.1) is 19.9 Å². The molecule has 142 valence electrons. The molecule has 2 aliphatic heterocycles. The fourth-order valence-corrected chi connectivity index (χ4v) is 3.19. The summed E-state index contributed by atoms with van der Waals surface area (Å²) in [6.07, 6.45) is 1.47. The number of amides is 1. The lowest BCUT2D eigenvalue weighted by Gasteiger charge is -2.36. The molecule has 4 rings (SSSR count). The summed E-state index contributed by atoms with van der Waals surface area (Å²) in [6, 6.07) is 9.06. The molecule has 1 fully saturated rings. The van der Waals surface area contributed by atoms with Crippen LogP contribution in [-0.2, 0) is 9.47 Å². The van der Waals surface area contributed by atoms with Crippen molar-refractivity contribution in [3.05, 3.63) is 42.2 Å². The Balaban J connectivity index is 1.45. The zero-order valence-corrected chi connectivity index (χ0v) is 15.4. The minimum atomic E-state index is -0.519. The fourth-order valence-electron chi connectivity index (χ4n) is 3.19. The van der Waals surface area contributed by atoms with Gasteiger partial charge < -0.3 is 25.0 Å². The van der Waals surface area contributed by atoms with Crippen LogP contribution in [0.25, 0.3) is 0 Å². The Hall–Kier alpha value is -2.71. The minimum absolute atomic E-state index is 0.201. The summed E-state index contributed by atoms with van der Waals surface area (Å²) < 4.78 is 11.5. The van der Waals surface area contributed by atoms with E-state index in [0.29, 0.717) is 31.3 Å². The SMILES string of the molecule is CC1(C)OCC(CN2CNc3c(NC(=O)c4ccccc4)ncnc32)CO1. The van der Waals surface area contributed by atoms with Gasteiger partial charge >= 0.3 is 0 Å². The number of anilines is 3. The quantitative estimate of drug-likeness (QED) is 0.855. The molecule has 3 heterocycles. The van der Waals surface area contributed by atoms with Crippen molar-refractivity contribution in [1.82, 2.24) is 9.97 Å². The van der Waals surface area contributed by atoms with Crippen molar-refractivity contribution in [2.45, 2.75) is 19.6 Å². The maximum atomic E-state index is 12.4. The Labute approximate surface area is 157 Å². The van der Waals surface area contributed by atoms with Crippen LogP contribution in [0.5, 0.6) is 0 Å². The Bertz CT molecular complexity index is 817. The molecule has 8 nitrogen and oxygen atoms in total. The average molecular weight is 369 g/mol. The van der Waals surface area contributed by atoms with Gasteiger partial charge in [0.15, 0.2) is 17.4 Å². The molecule has 1 saturated heterocycles. The van der Waals surface area contributed by atoms with Gasteiger partial charge in [-0.25, -0.2) is 9.97 Å². The second-order valence-electron chi connectivity index (χ2n) is 7.19. The van der Waals surface area contributed by atoms with Crippen molar-refractivity contribution >= 4 is 23.2 Å². The van der Waals surface area contributed by atoms with Crippen LogP contribution in [-0.4, -0.2) is 48.1 Å². The van der Waals surface area contributed by atoms with E-state index in [2.05, 4.69) is 25.5 Å². The van der Waals surface area contributed by atoms with Crippen molar-refractivity contribution in [3.8, 4) is 0 Å². The number of fused-ring (bicyclic) bond motifs is 1. The van der Waals surface area contributed by atoms with E-state index < -0.39 is 5.79 Å². The third-order valence-electron chi connectivity index (χ3n) is 4.65. The smallest absolute Gasteiger partial charge is 0.256 e. The van der Waals surface area contributed by atoms with E-state index in [1.165, 1.54) is 6.33 Å². The van der Waals surface area contributed by atoms with Crippen LogP contribution in [0, 0.1) is 5.92 Å². The van der Waals surface area contributed by atoms with Gasteiger partial charge in [0.2, 0.25) is 0 Å². The molecule has 1 aromatic carbocycles. The maximum absolute atomic E-state index is 12.4. The predicted octanol–water partition coefficient (Wildman–Crippen LogP) is 2.32. The Morgan fingerprint density at radius 1 is 1.26 bits per heavy atom. The normalized spacial score (nSPS) is 18.7. The number of ether oxygens (including phenoxy) is 2. The summed E-state index contributed by atoms with van der Waals surface area (Å²) in [6.45, 7) is 6.47. The van der Waals surface area contributed by atoms with E-state index in [4.69, 9.17) is 9.47 Å². The number of hydrogen-bond acceptors (Lipinski definition) is 7. The van der Waals surface area contributed by atoms with Crippen LogP contribution in [0.1, 0.15) is 24.2 Å². The number of nitrogens with zero attached hydrogens (tertiary/aromatic N) is 3. The topological polar surface area (TPSA) is 88.6 Å². The van der Waals surface area contributed by atoms with E-state index in [9.17, 15) is 4.79 Å². The highest BCUT2D eigenvalue weighted by Crippen LogP contribution is 2.35. The van der Waals surface area contributed by atoms with Crippen molar-refractivity contribution in [1.29, 1.82) is 0 Å². The predicted molar refractivity (Wildman–Crippen MR) is 102 cm³/mol. The van der Waals surface area contributed by atoms with E-state index in [-0.39, 0.29) is 11.8 Å². The van der Waals surface area contributed by atoms with Gasteiger partial charge in [-0.05, 0) is 26.0 Å². The van der Waals surface area contributed by atoms with E-state index in [0.717, 1.165) is 18.1 Å². The summed E-state index contributed by atoms with van der Waals surface area (Å²) in [7, 11) is 0. The van der Waals surface area contributed by atoms with Gasteiger partial charge in [-0.1, -0.05) is 18.2 Å². The molecule has 2 N–H and O–H groups in total. The molecule has 0 atom stereocenters. The number of carbonyl (C=O) groups is 1. The third kappa shape index (κ3) is 3.86. The zero-order valence-electron chi connectivity index (χ0n) is 15.4. The molecule has 8 heteroatoms. The van der Waals surface area contributed by atoms with Gasteiger partial charge in [-0.15, -0.1) is 0 Å². The summed E-state index contributed by atoms with van der Waals surface area (Å²) in [4.78, 5) is 23.2. The number of rotatable bonds is 4. The van der Waals surface area contributed by atoms with Crippen LogP contribution < -0.4 is 15.5 Å². The van der Waals surface area contributed by atoms with Crippen LogP contribution in [0.2, 0.25) is 0 Å². The molecule has 0 spiro atoms. The molecule has 1 amide bonds. The van der Waals surface area contributed by atoms with Crippen molar-refractivity contribution in [2.24, 2.45) is 5.92 Å². The summed E-state index contributed by atoms with van der Waals surface area (Å²) in [5.41, 5.74) is 1.32. The average Bonchev–Trinajstić information content (AvgIpc) is 3.08. The van der Waals surface area contributed by atoms with Crippen LogP contribution in [0.15, 0.2) is 36.7 Å². The lowest BCUT2D eigenvalue weighted by molar-refractivity contribution is -0.260. The largest absolute Gasteiger partial charge is 0.362 e. The molecule has 0 aliphatic carbocycles. The summed E-state index contributed by atoms with van der Waals surface area (Å²) in [5.74, 6) is 0.789. The first-order valence-corrected chi connectivity index (χ1v) is 9.00. The summed E-state index contributed by atoms with van der Waals surface area (Å²) >= 11 is 0. The second-order valence-corrected chi connectivity index (χ2v) is 7.19. The molecule has 0 saturated carbocycles. The lowest BCUT2D eigenvalue weighted by atomic mass is 10.1. The molecular weight excluding hydrogens is 346 g/mol. The lowest BCUT2D eigenvalue weighted by Crippen LogP contribution is -2.43. The minimum Gasteiger partial charge on any atom is -0.362 e. The third-order valence-corrected chi connectivity index (χ3v) is 4.65. The number of hydrogen-bond donors (Lipinski definition) is 2. The number of aromatic nitrogens is 2. The Morgan fingerprint density at radius 3 is 2.74 bits per heavy atom. The second kappa shape index (κ2) is 7.13. The number of nitrogens with one attached hydrogen (secondary N) is 2. The van der Waals surface area contributed by atoms with E-state index in [1.807, 2.05) is 32.0 Å². The molecular formula is C19H23N5O3. The van der Waals surface area contributed by atoms with Gasteiger partial charge in [-0.2, -0.15) is 0 Å². The highest BCUT2D eigenvalue weighted by atomic mass is 16.7. The van der Waals surface area contributed by atoms with Gasteiger partial charge in [0.1, 0.15) is 12.0 Å². The van der Waals surface area contributed by atoms with Crippen LogP contribution >= 0.6 is 0 Å². The van der Waals surface area contributed by atoms with Crippen LogP contribution in [0.4, 0.5) is 17.3 Å². The first-order chi connectivity index (χ1) is 13.0. The molecule has 2 aromatic rings. The van der Waals surface area contributed by atoms with Crippen molar-refractivity contribution < 1.29 is 14.3 Å². The van der Waals surface area contributed by atoms with Crippen molar-refractivity contribution in [3.63, 3.8) is 0 Å². The molecule has 0 unspecified atom stereocenters. The Morgan fingerprint density at radius 2 is 2.00 bits per heavy atom. The first kappa shape index (κ1) is 17.7. The maximum Gasteiger partial charge on any atom is 0.256 e. The first-order valence-electron chi connectivity index (χ1n) is 9.00. The molecule has 1 aromatic heterocycles. The van der Waals surface area contributed by atoms with Crippen molar-refractivity contribution in [2.75, 3.05) is 42.0 Å². The fraction of sp³-hybridized carbons (Fsp3) is 0.421. The van der Waals surface area contributed by atoms with E-state index in [1.54, 1.807) is 12.1 Å². The highest BCUT2D eigenvalue weighted by Gasteiger charge is 2.32. The standard InChI is InChI=1S/C19H23N5O3/c1-19(2)26-9-13(10-27-19)8-24-12-22-15-16(20-11-21-17(15)24)23-18(25)14-6-4-3-5-7-14/h3-7,11,13,22H,8-10,12H2,1-2H3,(H,20,21,23,25). The summed E-state index contributed by atoms with van der Waals surface area (Å²) in [5, 5.41) is 6.15. The van der Waals surface area contributed by atoms with E-state index >= 15 is 0 Å². The zero-order chi connectivity index (χ0) is 18.9. The van der Waals surface area contributed by atoms with Gasteiger partial charge in [0.25, 0.3) is 5.91 Å². The van der Waals surface area contributed by atoms with Crippen LogP contribution in [0.3, 0.4) is 0 Å². The number of carbonyl (C=O) groups excluding carboxylic acids is 1. The molecule has 27 heavy (non-hydrogen) atoms. The Kier molecular flexibility index (Phi) is 4.67. The molecule has 2 aliphatic rings. The highest BCUT2D eigenvalue weighted by molar-refractivity contribution is 6.06. The number of benzene rings is 1. The molecule has 0 bridgehead atoms. The molecule has 0 radical (unpaired) electrons. The van der Waals surface area contributed by atoms with Gasteiger partial charge in [0, 0.05) is 18.0 Å².